The van der Waals surface area contributed by atoms with Gasteiger partial charge in [-0.3, -0.25) is 4.79 Å². The molecule has 1 unspecified atom stereocenters. The van der Waals surface area contributed by atoms with Crippen molar-refractivity contribution in [1.82, 2.24) is 9.21 Å². The molecule has 1 amide bonds. The molecule has 1 atom stereocenters. The Labute approximate surface area is 207 Å². The van der Waals surface area contributed by atoms with Gasteiger partial charge in [-0.25, -0.2) is 8.42 Å². The molecule has 0 radical (unpaired) electrons. The van der Waals surface area contributed by atoms with Crippen molar-refractivity contribution in [1.29, 1.82) is 0 Å². The molecule has 2 aromatic carbocycles. The van der Waals surface area contributed by atoms with E-state index in [1.165, 1.54) is 11.3 Å². The zero-order chi connectivity index (χ0) is 25.6. The second-order valence-electron chi connectivity index (χ2n) is 8.15. The molecule has 188 valence electrons. The second-order valence-corrected chi connectivity index (χ2v) is 11.1. The van der Waals surface area contributed by atoms with Crippen molar-refractivity contribution in [3.05, 3.63) is 88.1 Å². The number of sulfonamides is 1. The van der Waals surface area contributed by atoms with Gasteiger partial charge in [-0.05, 0) is 48.6 Å². The fourth-order valence-electron chi connectivity index (χ4n) is 3.51. The highest BCUT2D eigenvalue weighted by atomic mass is 32.2. The number of thiophene rings is 1. The highest BCUT2D eigenvalue weighted by Gasteiger charge is 2.35. The molecule has 0 spiro atoms. The molecule has 5 nitrogen and oxygen atoms in total. The number of benzene rings is 2. The van der Waals surface area contributed by atoms with Gasteiger partial charge in [0.15, 0.2) is 0 Å². The molecular formula is C25H27F3N2O3S2. The fraction of sp³-hybridized carbons (Fsp3) is 0.320. The standard InChI is InChI=1S/C25H27F3N2O3S2/c1-3-19(2)30(35(32,33)23-13-7-11-21(15-23)25(26,27)28)18-24(31)29(17-22-12-8-14-34-22)16-20-9-5-4-6-10-20/h4-15,19H,3,16-18H2,1-2H3. The Morgan fingerprint density at radius 1 is 1.00 bits per heavy atom. The van der Waals surface area contributed by atoms with Crippen LogP contribution < -0.4 is 0 Å². The van der Waals surface area contributed by atoms with E-state index in [0.29, 0.717) is 19.0 Å². The van der Waals surface area contributed by atoms with E-state index in [2.05, 4.69) is 0 Å². The van der Waals surface area contributed by atoms with E-state index < -0.39 is 45.2 Å². The SMILES string of the molecule is CCC(C)N(CC(=O)N(Cc1ccccc1)Cc1cccs1)S(=O)(=O)c1cccc(C(F)(F)F)c1. The van der Waals surface area contributed by atoms with Crippen LogP contribution in [-0.4, -0.2) is 36.1 Å². The number of amides is 1. The maximum absolute atomic E-state index is 13.5. The van der Waals surface area contributed by atoms with Crippen molar-refractivity contribution >= 4 is 27.3 Å². The van der Waals surface area contributed by atoms with Crippen LogP contribution in [0.2, 0.25) is 0 Å². The molecule has 1 aromatic heterocycles. The normalized spacial score (nSPS) is 13.1. The topological polar surface area (TPSA) is 57.7 Å². The fourth-order valence-corrected chi connectivity index (χ4v) is 5.93. The lowest BCUT2D eigenvalue weighted by Gasteiger charge is -2.30. The average Bonchev–Trinajstić information content (AvgIpc) is 3.35. The van der Waals surface area contributed by atoms with E-state index >= 15 is 0 Å². The summed E-state index contributed by atoms with van der Waals surface area (Å²) in [5.41, 5.74) is -0.175. The first-order valence-corrected chi connectivity index (χ1v) is 13.4. The first-order valence-electron chi connectivity index (χ1n) is 11.1. The minimum absolute atomic E-state index is 0.273. The van der Waals surface area contributed by atoms with Gasteiger partial charge < -0.3 is 4.90 Å². The van der Waals surface area contributed by atoms with Crippen molar-refractivity contribution in [3.8, 4) is 0 Å². The van der Waals surface area contributed by atoms with E-state index in [4.69, 9.17) is 0 Å². The van der Waals surface area contributed by atoms with Crippen LogP contribution in [0.15, 0.2) is 77.0 Å². The molecule has 10 heteroatoms. The first kappa shape index (κ1) is 26.9. The highest BCUT2D eigenvalue weighted by molar-refractivity contribution is 7.89. The van der Waals surface area contributed by atoms with Gasteiger partial charge in [0.2, 0.25) is 15.9 Å². The molecule has 0 saturated heterocycles. The van der Waals surface area contributed by atoms with Gasteiger partial charge in [0.1, 0.15) is 0 Å². The van der Waals surface area contributed by atoms with Crippen LogP contribution in [-0.2, 0) is 34.1 Å². The lowest BCUT2D eigenvalue weighted by Crippen LogP contribution is -2.46. The quantitative estimate of drug-likeness (QED) is 0.338. The van der Waals surface area contributed by atoms with Crippen molar-refractivity contribution in [2.75, 3.05) is 6.54 Å². The number of carbonyl (C=O) groups is 1. The van der Waals surface area contributed by atoms with Crippen LogP contribution in [0.4, 0.5) is 13.2 Å². The summed E-state index contributed by atoms with van der Waals surface area (Å²) in [6, 6.07) is 16.1. The number of hydrogen-bond acceptors (Lipinski definition) is 4. The third-order valence-corrected chi connectivity index (χ3v) is 8.45. The van der Waals surface area contributed by atoms with Crippen molar-refractivity contribution in [2.45, 2.75) is 50.5 Å². The number of carbonyl (C=O) groups excluding carboxylic acids is 1. The number of rotatable bonds is 10. The van der Waals surface area contributed by atoms with E-state index in [-0.39, 0.29) is 6.54 Å². The summed E-state index contributed by atoms with van der Waals surface area (Å²) in [6.45, 7) is 3.49. The van der Waals surface area contributed by atoms with Crippen LogP contribution in [0, 0.1) is 0 Å². The predicted molar refractivity (Wildman–Crippen MR) is 130 cm³/mol. The minimum Gasteiger partial charge on any atom is -0.332 e. The van der Waals surface area contributed by atoms with Gasteiger partial charge in [-0.15, -0.1) is 11.3 Å². The van der Waals surface area contributed by atoms with Crippen molar-refractivity contribution in [3.63, 3.8) is 0 Å². The number of halogens is 3. The van der Waals surface area contributed by atoms with E-state index in [1.54, 1.807) is 18.7 Å². The van der Waals surface area contributed by atoms with Gasteiger partial charge in [-0.2, -0.15) is 17.5 Å². The van der Waals surface area contributed by atoms with Gasteiger partial charge in [0.25, 0.3) is 0 Å². The minimum atomic E-state index is -4.68. The molecule has 0 aliphatic rings. The number of nitrogens with zero attached hydrogens (tertiary/aromatic N) is 2. The smallest absolute Gasteiger partial charge is 0.332 e. The zero-order valence-electron chi connectivity index (χ0n) is 19.4. The van der Waals surface area contributed by atoms with Gasteiger partial charge in [-0.1, -0.05) is 49.4 Å². The summed E-state index contributed by atoms with van der Waals surface area (Å²) in [4.78, 5) is 15.5. The number of alkyl halides is 3. The van der Waals surface area contributed by atoms with Gasteiger partial charge in [0, 0.05) is 17.5 Å². The van der Waals surface area contributed by atoms with Crippen LogP contribution in [0.25, 0.3) is 0 Å². The van der Waals surface area contributed by atoms with E-state index in [0.717, 1.165) is 32.9 Å². The van der Waals surface area contributed by atoms with Crippen LogP contribution >= 0.6 is 11.3 Å². The molecule has 3 aromatic rings. The Kier molecular flexibility index (Phi) is 8.74. The van der Waals surface area contributed by atoms with Crippen LogP contribution in [0.1, 0.15) is 36.3 Å². The second kappa shape index (κ2) is 11.4. The Hall–Kier alpha value is -2.69. The van der Waals surface area contributed by atoms with Crippen LogP contribution in [0.3, 0.4) is 0 Å². The van der Waals surface area contributed by atoms with Crippen LogP contribution in [0.5, 0.6) is 0 Å². The van der Waals surface area contributed by atoms with Crippen molar-refractivity contribution < 1.29 is 26.4 Å². The van der Waals surface area contributed by atoms with Gasteiger partial charge in [0.05, 0.1) is 23.5 Å². The van der Waals surface area contributed by atoms with Crippen molar-refractivity contribution in [2.24, 2.45) is 0 Å². The average molecular weight is 525 g/mol. The van der Waals surface area contributed by atoms with E-state index in [1.807, 2.05) is 47.8 Å². The molecular weight excluding hydrogens is 497 g/mol. The Morgan fingerprint density at radius 2 is 1.71 bits per heavy atom. The maximum Gasteiger partial charge on any atom is 0.416 e. The summed E-state index contributed by atoms with van der Waals surface area (Å²) in [5.74, 6) is -0.432. The lowest BCUT2D eigenvalue weighted by molar-refractivity contribution is -0.137. The Balaban J connectivity index is 1.92. The summed E-state index contributed by atoms with van der Waals surface area (Å²) >= 11 is 1.48. The zero-order valence-corrected chi connectivity index (χ0v) is 21.0. The molecule has 0 fully saturated rings. The number of hydrogen-bond donors (Lipinski definition) is 0. The third-order valence-electron chi connectivity index (χ3n) is 5.64. The molecule has 0 saturated carbocycles. The molecule has 0 N–H and O–H groups in total. The summed E-state index contributed by atoms with van der Waals surface area (Å²) < 4.78 is 67.5. The summed E-state index contributed by atoms with van der Waals surface area (Å²) in [5, 5.41) is 1.89. The summed E-state index contributed by atoms with van der Waals surface area (Å²) in [7, 11) is -4.37. The molecule has 0 aliphatic heterocycles. The van der Waals surface area contributed by atoms with Gasteiger partial charge >= 0.3 is 6.18 Å². The molecule has 35 heavy (non-hydrogen) atoms. The summed E-state index contributed by atoms with van der Waals surface area (Å²) in [6.07, 6.45) is -4.30. The molecule has 0 aliphatic carbocycles. The maximum atomic E-state index is 13.5. The Morgan fingerprint density at radius 3 is 2.31 bits per heavy atom. The largest absolute Gasteiger partial charge is 0.416 e. The monoisotopic (exact) mass is 524 g/mol. The first-order chi connectivity index (χ1) is 16.5. The highest BCUT2D eigenvalue weighted by Crippen LogP contribution is 2.31. The molecule has 3 rings (SSSR count). The molecule has 1 heterocycles. The molecule has 0 bridgehead atoms. The predicted octanol–water partition coefficient (Wildman–Crippen LogP) is 5.79. The Bertz CT molecular complexity index is 1210. The third kappa shape index (κ3) is 6.93. The lowest BCUT2D eigenvalue weighted by atomic mass is 10.2. The van der Waals surface area contributed by atoms with E-state index in [9.17, 15) is 26.4 Å².